The van der Waals surface area contributed by atoms with Crippen LogP contribution in [-0.4, -0.2) is 47.0 Å². The lowest BCUT2D eigenvalue weighted by molar-refractivity contribution is -0.144. The molecule has 2 heterocycles. The number of carbonyl (C=O) groups is 1. The molecule has 1 fully saturated rings. The molecule has 0 aromatic carbocycles. The van der Waals surface area contributed by atoms with Crippen LogP contribution in [0, 0.1) is 5.92 Å². The van der Waals surface area contributed by atoms with E-state index in [1.165, 1.54) is 13.0 Å². The SMILES string of the molecule is CC(=O)N(C)C(C)C1CCN(c2ccnc(C(F)(F)F)n2)CC1. The summed E-state index contributed by atoms with van der Waals surface area (Å²) in [5, 5.41) is 0. The average molecular weight is 330 g/mol. The average Bonchev–Trinajstić information content (AvgIpc) is 2.53. The van der Waals surface area contributed by atoms with E-state index in [2.05, 4.69) is 9.97 Å². The van der Waals surface area contributed by atoms with E-state index in [0.717, 1.165) is 19.0 Å². The summed E-state index contributed by atoms with van der Waals surface area (Å²) >= 11 is 0. The van der Waals surface area contributed by atoms with Crippen molar-refractivity contribution in [3.05, 3.63) is 18.1 Å². The maximum absolute atomic E-state index is 12.7. The van der Waals surface area contributed by atoms with E-state index < -0.39 is 12.0 Å². The number of piperidine rings is 1. The maximum Gasteiger partial charge on any atom is 0.451 e. The molecule has 0 radical (unpaired) electrons. The summed E-state index contributed by atoms with van der Waals surface area (Å²) in [5.74, 6) is -0.449. The predicted octanol–water partition coefficient (Wildman–Crippen LogP) is 2.58. The molecule has 8 heteroatoms. The molecule has 0 aliphatic carbocycles. The summed E-state index contributed by atoms with van der Waals surface area (Å²) in [4.78, 5) is 21.9. The quantitative estimate of drug-likeness (QED) is 0.855. The second kappa shape index (κ2) is 6.72. The van der Waals surface area contributed by atoms with Crippen molar-refractivity contribution in [2.75, 3.05) is 25.0 Å². The molecule has 0 spiro atoms. The topological polar surface area (TPSA) is 49.3 Å². The molecule has 1 aliphatic heterocycles. The number of nitrogens with zero attached hydrogens (tertiary/aromatic N) is 4. The van der Waals surface area contributed by atoms with Crippen LogP contribution in [0.15, 0.2) is 12.3 Å². The van der Waals surface area contributed by atoms with Gasteiger partial charge in [0.15, 0.2) is 0 Å². The third-order valence-electron chi connectivity index (χ3n) is 4.55. The smallest absolute Gasteiger partial charge is 0.356 e. The van der Waals surface area contributed by atoms with Crippen LogP contribution in [0.2, 0.25) is 0 Å². The Morgan fingerprint density at radius 1 is 1.39 bits per heavy atom. The molecule has 1 atom stereocenters. The molecule has 0 N–H and O–H groups in total. The first-order chi connectivity index (χ1) is 10.7. The van der Waals surface area contributed by atoms with Gasteiger partial charge in [0.1, 0.15) is 5.82 Å². The van der Waals surface area contributed by atoms with Gasteiger partial charge in [-0.3, -0.25) is 4.79 Å². The highest BCUT2D eigenvalue weighted by Crippen LogP contribution is 2.29. The molecule has 5 nitrogen and oxygen atoms in total. The van der Waals surface area contributed by atoms with Crippen LogP contribution in [0.25, 0.3) is 0 Å². The zero-order valence-electron chi connectivity index (χ0n) is 13.5. The lowest BCUT2D eigenvalue weighted by atomic mass is 9.89. The van der Waals surface area contributed by atoms with Crippen molar-refractivity contribution < 1.29 is 18.0 Å². The van der Waals surface area contributed by atoms with E-state index >= 15 is 0 Å². The summed E-state index contributed by atoms with van der Waals surface area (Å²) in [6.45, 7) is 4.78. The first-order valence-electron chi connectivity index (χ1n) is 7.58. The minimum atomic E-state index is -4.53. The Balaban J connectivity index is 2.01. The molecule has 2 rings (SSSR count). The van der Waals surface area contributed by atoms with E-state index in [9.17, 15) is 18.0 Å². The fraction of sp³-hybridized carbons (Fsp3) is 0.667. The Bertz CT molecular complexity index is 556. The Morgan fingerprint density at radius 3 is 2.52 bits per heavy atom. The summed E-state index contributed by atoms with van der Waals surface area (Å²) < 4.78 is 38.1. The summed E-state index contributed by atoms with van der Waals surface area (Å²) in [7, 11) is 1.78. The molecule has 23 heavy (non-hydrogen) atoms. The van der Waals surface area contributed by atoms with Crippen LogP contribution < -0.4 is 4.90 Å². The Kier molecular flexibility index (Phi) is 5.11. The van der Waals surface area contributed by atoms with Crippen molar-refractivity contribution in [1.82, 2.24) is 14.9 Å². The van der Waals surface area contributed by atoms with Gasteiger partial charge in [0.05, 0.1) is 0 Å². The van der Waals surface area contributed by atoms with Crippen molar-refractivity contribution in [3.8, 4) is 0 Å². The highest BCUT2D eigenvalue weighted by atomic mass is 19.4. The summed E-state index contributed by atoms with van der Waals surface area (Å²) in [6.07, 6.45) is -1.77. The zero-order valence-corrected chi connectivity index (χ0v) is 13.5. The van der Waals surface area contributed by atoms with Crippen LogP contribution >= 0.6 is 0 Å². The molecule has 128 valence electrons. The molecule has 1 amide bonds. The van der Waals surface area contributed by atoms with Gasteiger partial charge in [0.2, 0.25) is 11.7 Å². The van der Waals surface area contributed by atoms with Crippen LogP contribution in [0.1, 0.15) is 32.5 Å². The van der Waals surface area contributed by atoms with Crippen LogP contribution in [0.3, 0.4) is 0 Å². The van der Waals surface area contributed by atoms with Gasteiger partial charge in [-0.1, -0.05) is 0 Å². The molecule has 1 aromatic rings. The highest BCUT2D eigenvalue weighted by Gasteiger charge is 2.35. The van der Waals surface area contributed by atoms with Gasteiger partial charge in [-0.25, -0.2) is 9.97 Å². The molecule has 1 aromatic heterocycles. The van der Waals surface area contributed by atoms with E-state index in [4.69, 9.17) is 0 Å². The van der Waals surface area contributed by atoms with Gasteiger partial charge in [0.25, 0.3) is 0 Å². The monoisotopic (exact) mass is 330 g/mol. The number of aromatic nitrogens is 2. The lowest BCUT2D eigenvalue weighted by Gasteiger charge is -2.38. The van der Waals surface area contributed by atoms with E-state index in [1.54, 1.807) is 11.9 Å². The maximum atomic E-state index is 12.7. The Morgan fingerprint density at radius 2 is 2.00 bits per heavy atom. The summed E-state index contributed by atoms with van der Waals surface area (Å²) in [6, 6.07) is 1.62. The molecule has 0 saturated carbocycles. The third kappa shape index (κ3) is 4.11. The summed E-state index contributed by atoms with van der Waals surface area (Å²) in [5.41, 5.74) is 0. The van der Waals surface area contributed by atoms with E-state index in [0.29, 0.717) is 24.8 Å². The van der Waals surface area contributed by atoms with Crippen LogP contribution in [0.5, 0.6) is 0 Å². The van der Waals surface area contributed by atoms with Crippen molar-refractivity contribution in [2.45, 2.75) is 38.9 Å². The largest absolute Gasteiger partial charge is 0.451 e. The number of hydrogen-bond donors (Lipinski definition) is 0. The third-order valence-corrected chi connectivity index (χ3v) is 4.55. The normalized spacial score (nSPS) is 17.9. The number of alkyl halides is 3. The van der Waals surface area contributed by atoms with Gasteiger partial charge in [0, 0.05) is 39.3 Å². The molecular weight excluding hydrogens is 309 g/mol. The minimum Gasteiger partial charge on any atom is -0.356 e. The van der Waals surface area contributed by atoms with Crippen LogP contribution in [0.4, 0.5) is 19.0 Å². The molecule has 1 unspecified atom stereocenters. The fourth-order valence-electron chi connectivity index (χ4n) is 2.88. The molecule has 1 saturated heterocycles. The van der Waals surface area contributed by atoms with Crippen molar-refractivity contribution in [3.63, 3.8) is 0 Å². The molecular formula is C15H21F3N4O. The zero-order chi connectivity index (χ0) is 17.2. The second-order valence-corrected chi connectivity index (χ2v) is 5.93. The number of rotatable bonds is 3. The number of halogens is 3. The first-order valence-corrected chi connectivity index (χ1v) is 7.58. The lowest BCUT2D eigenvalue weighted by Crippen LogP contribution is -2.44. The standard InChI is InChI=1S/C15H21F3N4O/c1-10(21(3)11(2)23)12-5-8-22(9-6-12)13-4-7-19-14(20-13)15(16,17)18/h4,7,10,12H,5-6,8-9H2,1-3H3. The van der Waals surface area contributed by atoms with Gasteiger partial charge in [-0.15, -0.1) is 0 Å². The van der Waals surface area contributed by atoms with E-state index in [1.807, 2.05) is 11.8 Å². The number of amides is 1. The predicted molar refractivity (Wildman–Crippen MR) is 79.9 cm³/mol. The number of carbonyl (C=O) groups excluding carboxylic acids is 1. The Hall–Kier alpha value is -1.86. The van der Waals surface area contributed by atoms with Gasteiger partial charge >= 0.3 is 6.18 Å². The molecule has 0 bridgehead atoms. The minimum absolute atomic E-state index is 0.0190. The van der Waals surface area contributed by atoms with Gasteiger partial charge in [-0.2, -0.15) is 13.2 Å². The number of hydrogen-bond acceptors (Lipinski definition) is 4. The van der Waals surface area contributed by atoms with Gasteiger partial charge < -0.3 is 9.80 Å². The van der Waals surface area contributed by atoms with Crippen LogP contribution in [-0.2, 0) is 11.0 Å². The Labute approximate surface area is 133 Å². The molecule has 1 aliphatic rings. The first kappa shape index (κ1) is 17.5. The number of anilines is 1. The van der Waals surface area contributed by atoms with Gasteiger partial charge in [-0.05, 0) is 31.7 Å². The van der Waals surface area contributed by atoms with Crippen molar-refractivity contribution >= 4 is 11.7 Å². The van der Waals surface area contributed by atoms with E-state index in [-0.39, 0.29) is 11.9 Å². The van der Waals surface area contributed by atoms with Crippen molar-refractivity contribution in [1.29, 1.82) is 0 Å². The second-order valence-electron chi connectivity index (χ2n) is 5.93. The van der Waals surface area contributed by atoms with Crippen molar-refractivity contribution in [2.24, 2.45) is 5.92 Å². The highest BCUT2D eigenvalue weighted by molar-refractivity contribution is 5.73. The fourth-order valence-corrected chi connectivity index (χ4v) is 2.88.